The minimum absolute atomic E-state index is 0.106. The minimum atomic E-state index is -0.645. The topological polar surface area (TPSA) is 20.2 Å². The van der Waals surface area contributed by atoms with Crippen molar-refractivity contribution in [2.45, 2.75) is 58.5 Å². The van der Waals surface area contributed by atoms with Crippen LogP contribution in [0, 0.1) is 17.2 Å². The van der Waals surface area contributed by atoms with E-state index >= 15 is 0 Å². The summed E-state index contributed by atoms with van der Waals surface area (Å²) >= 11 is 0. The molecule has 1 N–H and O–H groups in total. The first-order valence-electron chi connectivity index (χ1n) is 7.28. The maximum Gasteiger partial charge on any atom is 0.123 e. The average Bonchev–Trinajstić information content (AvgIpc) is 2.31. The molecule has 0 aromatic heterocycles. The lowest BCUT2D eigenvalue weighted by atomic mass is 9.62. The van der Waals surface area contributed by atoms with E-state index in [0.717, 1.165) is 24.8 Å². The number of hydrogen-bond donors (Lipinski definition) is 1. The highest BCUT2D eigenvalue weighted by molar-refractivity contribution is 5.19. The molecule has 2 atom stereocenters. The molecule has 1 aliphatic rings. The maximum atomic E-state index is 13.0. The lowest BCUT2D eigenvalue weighted by Crippen LogP contribution is -2.48. The van der Waals surface area contributed by atoms with Crippen molar-refractivity contribution in [2.24, 2.45) is 11.3 Å². The fourth-order valence-corrected chi connectivity index (χ4v) is 3.63. The Morgan fingerprint density at radius 2 is 1.84 bits per heavy atom. The minimum Gasteiger partial charge on any atom is -0.389 e. The van der Waals surface area contributed by atoms with Crippen molar-refractivity contribution in [3.63, 3.8) is 0 Å². The fourth-order valence-electron chi connectivity index (χ4n) is 3.63. The van der Waals surface area contributed by atoms with Crippen LogP contribution in [0.1, 0.15) is 52.0 Å². The molecule has 0 bridgehead atoms. The van der Waals surface area contributed by atoms with Crippen LogP contribution in [0.3, 0.4) is 0 Å². The first kappa shape index (κ1) is 14.5. The van der Waals surface area contributed by atoms with Crippen molar-refractivity contribution >= 4 is 0 Å². The van der Waals surface area contributed by atoms with E-state index in [1.54, 1.807) is 12.1 Å². The molecule has 2 unspecified atom stereocenters. The van der Waals surface area contributed by atoms with Crippen molar-refractivity contribution in [1.29, 1.82) is 0 Å². The van der Waals surface area contributed by atoms with Crippen LogP contribution in [0.15, 0.2) is 24.3 Å². The second-order valence-corrected chi connectivity index (χ2v) is 7.07. The monoisotopic (exact) mass is 264 g/mol. The summed E-state index contributed by atoms with van der Waals surface area (Å²) in [5.41, 5.74) is 0.490. The Morgan fingerprint density at radius 1 is 1.21 bits per heavy atom. The highest BCUT2D eigenvalue weighted by Gasteiger charge is 2.44. The first-order valence-corrected chi connectivity index (χ1v) is 7.28. The van der Waals surface area contributed by atoms with Gasteiger partial charge >= 0.3 is 0 Å². The number of halogens is 1. The van der Waals surface area contributed by atoms with Crippen LogP contribution in [-0.2, 0) is 6.42 Å². The zero-order valence-electron chi connectivity index (χ0n) is 12.2. The predicted octanol–water partition coefficient (Wildman–Crippen LogP) is 4.34. The summed E-state index contributed by atoms with van der Waals surface area (Å²) in [7, 11) is 0. The van der Waals surface area contributed by atoms with Crippen LogP contribution in [0.4, 0.5) is 4.39 Å². The van der Waals surface area contributed by atoms with Gasteiger partial charge in [-0.3, -0.25) is 0 Å². The Kier molecular flexibility index (Phi) is 4.00. The SMILES string of the molecule is CC(C)(C)C1CCCCC1(O)Cc1ccc(F)cc1. The lowest BCUT2D eigenvalue weighted by Gasteiger charge is -2.47. The molecule has 19 heavy (non-hydrogen) atoms. The zero-order chi connectivity index (χ0) is 14.1. The van der Waals surface area contributed by atoms with Crippen LogP contribution in [0.25, 0.3) is 0 Å². The Morgan fingerprint density at radius 3 is 2.42 bits per heavy atom. The van der Waals surface area contributed by atoms with Crippen molar-refractivity contribution in [3.8, 4) is 0 Å². The van der Waals surface area contributed by atoms with E-state index in [0.29, 0.717) is 12.3 Å². The molecule has 0 heterocycles. The average molecular weight is 264 g/mol. The third kappa shape index (κ3) is 3.36. The predicted molar refractivity (Wildman–Crippen MR) is 76.5 cm³/mol. The normalized spacial score (nSPS) is 28.4. The van der Waals surface area contributed by atoms with E-state index in [9.17, 15) is 9.50 Å². The van der Waals surface area contributed by atoms with Gasteiger partial charge in [-0.25, -0.2) is 4.39 Å². The van der Waals surface area contributed by atoms with Gasteiger partial charge in [0.1, 0.15) is 5.82 Å². The number of hydrogen-bond acceptors (Lipinski definition) is 1. The van der Waals surface area contributed by atoms with Gasteiger partial charge in [-0.1, -0.05) is 45.7 Å². The van der Waals surface area contributed by atoms with E-state index < -0.39 is 5.60 Å². The largest absolute Gasteiger partial charge is 0.389 e. The number of benzene rings is 1. The molecule has 106 valence electrons. The summed E-state index contributed by atoms with van der Waals surface area (Å²) in [4.78, 5) is 0. The maximum absolute atomic E-state index is 13.0. The Balaban J connectivity index is 2.21. The van der Waals surface area contributed by atoms with E-state index in [4.69, 9.17) is 0 Å². The van der Waals surface area contributed by atoms with Gasteiger partial charge in [0, 0.05) is 6.42 Å². The van der Waals surface area contributed by atoms with Gasteiger partial charge in [0.05, 0.1) is 5.60 Å². The molecule has 2 heteroatoms. The smallest absolute Gasteiger partial charge is 0.123 e. The van der Waals surface area contributed by atoms with E-state index in [-0.39, 0.29) is 11.2 Å². The molecule has 1 fully saturated rings. The highest BCUT2D eigenvalue weighted by Crippen LogP contribution is 2.45. The quantitative estimate of drug-likeness (QED) is 0.842. The Labute approximate surface area is 115 Å². The number of aliphatic hydroxyl groups is 1. The van der Waals surface area contributed by atoms with Gasteiger partial charge in [-0.05, 0) is 41.9 Å². The summed E-state index contributed by atoms with van der Waals surface area (Å²) in [6.45, 7) is 6.62. The summed E-state index contributed by atoms with van der Waals surface area (Å²) in [6.07, 6.45) is 4.86. The second kappa shape index (κ2) is 5.24. The molecule has 1 aliphatic carbocycles. The van der Waals surface area contributed by atoms with Crippen molar-refractivity contribution in [3.05, 3.63) is 35.6 Å². The first-order chi connectivity index (χ1) is 8.81. The van der Waals surface area contributed by atoms with E-state index in [2.05, 4.69) is 20.8 Å². The van der Waals surface area contributed by atoms with Crippen LogP contribution in [0.2, 0.25) is 0 Å². The van der Waals surface area contributed by atoms with Gasteiger partial charge in [0.15, 0.2) is 0 Å². The summed E-state index contributed by atoms with van der Waals surface area (Å²) in [6, 6.07) is 6.55. The molecule has 0 spiro atoms. The van der Waals surface area contributed by atoms with E-state index in [1.165, 1.54) is 18.6 Å². The van der Waals surface area contributed by atoms with Gasteiger partial charge < -0.3 is 5.11 Å². The van der Waals surface area contributed by atoms with Crippen molar-refractivity contribution in [1.82, 2.24) is 0 Å². The van der Waals surface area contributed by atoms with Crippen LogP contribution < -0.4 is 0 Å². The fraction of sp³-hybridized carbons (Fsp3) is 0.647. The third-order valence-electron chi connectivity index (χ3n) is 4.47. The second-order valence-electron chi connectivity index (χ2n) is 7.07. The van der Waals surface area contributed by atoms with Gasteiger partial charge in [-0.2, -0.15) is 0 Å². The van der Waals surface area contributed by atoms with Crippen LogP contribution >= 0.6 is 0 Å². The lowest BCUT2D eigenvalue weighted by molar-refractivity contribution is -0.0889. The summed E-state index contributed by atoms with van der Waals surface area (Å²) in [5, 5.41) is 11.1. The summed E-state index contributed by atoms with van der Waals surface area (Å²) < 4.78 is 13.0. The van der Waals surface area contributed by atoms with Gasteiger partial charge in [0.2, 0.25) is 0 Å². The van der Waals surface area contributed by atoms with Crippen LogP contribution in [0.5, 0.6) is 0 Å². The highest BCUT2D eigenvalue weighted by atomic mass is 19.1. The Hall–Kier alpha value is -0.890. The molecule has 0 radical (unpaired) electrons. The zero-order valence-corrected chi connectivity index (χ0v) is 12.2. The van der Waals surface area contributed by atoms with Gasteiger partial charge in [0.25, 0.3) is 0 Å². The van der Waals surface area contributed by atoms with Crippen molar-refractivity contribution < 1.29 is 9.50 Å². The molecular weight excluding hydrogens is 239 g/mol. The van der Waals surface area contributed by atoms with Crippen molar-refractivity contribution in [2.75, 3.05) is 0 Å². The molecule has 1 aromatic carbocycles. The Bertz CT molecular complexity index is 418. The van der Waals surface area contributed by atoms with Crippen LogP contribution in [-0.4, -0.2) is 10.7 Å². The molecule has 2 rings (SSSR count). The molecule has 0 saturated heterocycles. The summed E-state index contributed by atoms with van der Waals surface area (Å²) in [5.74, 6) is 0.0885. The van der Waals surface area contributed by atoms with E-state index in [1.807, 2.05) is 0 Å². The third-order valence-corrected chi connectivity index (χ3v) is 4.47. The molecule has 1 nitrogen and oxygen atoms in total. The molecule has 1 saturated carbocycles. The molecule has 1 aromatic rings. The standard InChI is InChI=1S/C17H25FO/c1-16(2,3)15-6-4-5-11-17(15,19)12-13-7-9-14(18)10-8-13/h7-10,15,19H,4-6,11-12H2,1-3H3. The molecule has 0 aliphatic heterocycles. The number of rotatable bonds is 2. The molecule has 0 amide bonds. The molecular formula is C17H25FO. The van der Waals surface area contributed by atoms with Gasteiger partial charge in [-0.15, -0.1) is 0 Å².